The van der Waals surface area contributed by atoms with Crippen molar-refractivity contribution >= 4 is 0 Å². The van der Waals surface area contributed by atoms with Gasteiger partial charge in [0.15, 0.2) is 0 Å². The van der Waals surface area contributed by atoms with Crippen LogP contribution in [0.1, 0.15) is 38.2 Å². The quantitative estimate of drug-likeness (QED) is 0.556. The molecule has 110 valence electrons. The average molecular weight is 276 g/mol. The molecule has 1 rings (SSSR count). The lowest BCUT2D eigenvalue weighted by atomic mass is 10.2. The van der Waals surface area contributed by atoms with Crippen molar-refractivity contribution in [3.05, 3.63) is 29.8 Å². The molecule has 3 nitrogen and oxygen atoms in total. The first-order valence-electron chi connectivity index (χ1n) is 7.27. The first kappa shape index (κ1) is 16.6. The van der Waals surface area contributed by atoms with E-state index in [9.17, 15) is 0 Å². The Kier molecular flexibility index (Phi) is 9.38. The molecule has 0 aliphatic carbocycles. The van der Waals surface area contributed by atoms with Gasteiger partial charge in [0, 0.05) is 18.6 Å². The molecule has 1 aromatic rings. The highest BCUT2D eigenvalue weighted by atomic mass is 16.5. The maximum Gasteiger partial charge on any atom is 0.120 e. The van der Waals surface area contributed by atoms with Gasteiger partial charge in [0.05, 0.1) is 13.2 Å². The van der Waals surface area contributed by atoms with E-state index in [2.05, 4.69) is 18.8 Å². The van der Waals surface area contributed by atoms with Gasteiger partial charge in [-0.1, -0.05) is 37.7 Å². The summed E-state index contributed by atoms with van der Waals surface area (Å²) in [5, 5.41) is 8.68. The number of unbranched alkanes of at least 4 members (excludes halogenated alkanes) is 2. The maximum absolute atomic E-state index is 8.68. The number of aliphatic hydroxyl groups is 1. The molecule has 0 amide bonds. The maximum atomic E-state index is 8.68. The van der Waals surface area contributed by atoms with E-state index in [1.165, 1.54) is 12.8 Å². The van der Waals surface area contributed by atoms with Gasteiger partial charge in [0.2, 0.25) is 0 Å². The molecular formula is C17H24O3. The molecule has 0 aliphatic rings. The number of benzene rings is 1. The molecule has 0 bridgehead atoms. The van der Waals surface area contributed by atoms with E-state index in [1.54, 1.807) is 0 Å². The Hall–Kier alpha value is -1.50. The molecule has 0 atom stereocenters. The van der Waals surface area contributed by atoms with Gasteiger partial charge in [-0.3, -0.25) is 0 Å². The molecule has 0 aliphatic heterocycles. The standard InChI is InChI=1S/C17H24O3/c1-2-3-6-12-19-13-14-20-17-10-7-9-16(15-17)8-4-5-11-18/h7,9-10,15,18H,2-3,5-6,11-14H2,1H3. The van der Waals surface area contributed by atoms with E-state index in [4.69, 9.17) is 14.6 Å². The van der Waals surface area contributed by atoms with Crippen LogP contribution in [0.4, 0.5) is 0 Å². The molecule has 0 saturated carbocycles. The van der Waals surface area contributed by atoms with Crippen LogP contribution in [0.2, 0.25) is 0 Å². The summed E-state index contributed by atoms with van der Waals surface area (Å²) in [7, 11) is 0. The Bertz CT molecular complexity index is 418. The Balaban J connectivity index is 2.23. The molecule has 0 saturated heterocycles. The van der Waals surface area contributed by atoms with Crippen LogP contribution in [0.3, 0.4) is 0 Å². The Morgan fingerprint density at radius 2 is 2.05 bits per heavy atom. The molecule has 0 radical (unpaired) electrons. The van der Waals surface area contributed by atoms with E-state index >= 15 is 0 Å². The first-order valence-corrected chi connectivity index (χ1v) is 7.27. The predicted molar refractivity (Wildman–Crippen MR) is 80.9 cm³/mol. The van der Waals surface area contributed by atoms with Crippen molar-refractivity contribution in [2.75, 3.05) is 26.4 Å². The van der Waals surface area contributed by atoms with E-state index < -0.39 is 0 Å². The predicted octanol–water partition coefficient (Wildman–Crippen LogP) is 3.01. The molecule has 0 unspecified atom stereocenters. The fourth-order valence-electron chi connectivity index (χ4n) is 1.66. The summed E-state index contributed by atoms with van der Waals surface area (Å²) < 4.78 is 11.1. The van der Waals surface area contributed by atoms with Gasteiger partial charge in [-0.05, 0) is 24.6 Å². The third-order valence-corrected chi connectivity index (χ3v) is 2.69. The van der Waals surface area contributed by atoms with Gasteiger partial charge in [-0.2, -0.15) is 0 Å². The molecule has 1 N–H and O–H groups in total. The highest BCUT2D eigenvalue weighted by Gasteiger charge is 1.95. The zero-order valence-electron chi connectivity index (χ0n) is 12.2. The third-order valence-electron chi connectivity index (χ3n) is 2.69. The summed E-state index contributed by atoms with van der Waals surface area (Å²) in [5.74, 6) is 6.69. The lowest BCUT2D eigenvalue weighted by molar-refractivity contribution is 0.0973. The molecule has 0 heterocycles. The number of rotatable bonds is 9. The second-order valence-corrected chi connectivity index (χ2v) is 4.47. The SMILES string of the molecule is CCCCCOCCOc1cccc(C#CCCO)c1. The normalized spacial score (nSPS) is 9.90. The van der Waals surface area contributed by atoms with Crippen LogP contribution in [0.25, 0.3) is 0 Å². The summed E-state index contributed by atoms with van der Waals surface area (Å²) in [6.07, 6.45) is 4.04. The molecule has 0 fully saturated rings. The second-order valence-electron chi connectivity index (χ2n) is 4.47. The highest BCUT2D eigenvalue weighted by molar-refractivity contribution is 5.39. The largest absolute Gasteiger partial charge is 0.491 e. The van der Waals surface area contributed by atoms with Crippen LogP contribution in [-0.4, -0.2) is 31.5 Å². The molecule has 0 aromatic heterocycles. The van der Waals surface area contributed by atoms with Gasteiger partial charge >= 0.3 is 0 Å². The molecule has 20 heavy (non-hydrogen) atoms. The van der Waals surface area contributed by atoms with Crippen molar-refractivity contribution in [2.24, 2.45) is 0 Å². The smallest absolute Gasteiger partial charge is 0.120 e. The van der Waals surface area contributed by atoms with Gasteiger partial charge < -0.3 is 14.6 Å². The van der Waals surface area contributed by atoms with E-state index in [1.807, 2.05) is 24.3 Å². The lowest BCUT2D eigenvalue weighted by Gasteiger charge is -2.07. The summed E-state index contributed by atoms with van der Waals surface area (Å²) in [6.45, 7) is 4.26. The Morgan fingerprint density at radius 3 is 2.85 bits per heavy atom. The number of hydrogen-bond acceptors (Lipinski definition) is 3. The van der Waals surface area contributed by atoms with E-state index in [0.29, 0.717) is 19.6 Å². The van der Waals surface area contributed by atoms with Crippen molar-refractivity contribution in [3.8, 4) is 17.6 Å². The molecule has 0 spiro atoms. The van der Waals surface area contributed by atoms with Crippen LogP contribution >= 0.6 is 0 Å². The van der Waals surface area contributed by atoms with Gasteiger partial charge in [0.25, 0.3) is 0 Å². The van der Waals surface area contributed by atoms with Crippen molar-refractivity contribution in [3.63, 3.8) is 0 Å². The first-order chi connectivity index (χ1) is 9.86. The van der Waals surface area contributed by atoms with Gasteiger partial charge in [-0.25, -0.2) is 0 Å². The third kappa shape index (κ3) is 7.83. The van der Waals surface area contributed by atoms with Crippen LogP contribution in [0, 0.1) is 11.8 Å². The van der Waals surface area contributed by atoms with Crippen molar-refractivity contribution in [2.45, 2.75) is 32.6 Å². The highest BCUT2D eigenvalue weighted by Crippen LogP contribution is 2.12. The fraction of sp³-hybridized carbons (Fsp3) is 0.529. The monoisotopic (exact) mass is 276 g/mol. The minimum Gasteiger partial charge on any atom is -0.491 e. The van der Waals surface area contributed by atoms with Crippen LogP contribution in [0.15, 0.2) is 24.3 Å². The second kappa shape index (κ2) is 11.3. The van der Waals surface area contributed by atoms with Gasteiger partial charge in [-0.15, -0.1) is 0 Å². The van der Waals surface area contributed by atoms with Crippen LogP contribution in [-0.2, 0) is 4.74 Å². The summed E-state index contributed by atoms with van der Waals surface area (Å²) >= 11 is 0. The zero-order chi connectivity index (χ0) is 14.5. The number of aliphatic hydroxyl groups excluding tert-OH is 1. The number of hydrogen-bond donors (Lipinski definition) is 1. The lowest BCUT2D eigenvalue weighted by Crippen LogP contribution is -2.07. The fourth-order valence-corrected chi connectivity index (χ4v) is 1.66. The summed E-state index contributed by atoms with van der Waals surface area (Å²) in [5.41, 5.74) is 0.903. The van der Waals surface area contributed by atoms with Crippen LogP contribution in [0.5, 0.6) is 5.75 Å². The average Bonchev–Trinajstić information content (AvgIpc) is 2.47. The molecule has 3 heteroatoms. The van der Waals surface area contributed by atoms with Crippen LogP contribution < -0.4 is 4.74 Å². The van der Waals surface area contributed by atoms with E-state index in [0.717, 1.165) is 24.3 Å². The van der Waals surface area contributed by atoms with Crippen molar-refractivity contribution < 1.29 is 14.6 Å². The number of ether oxygens (including phenoxy) is 2. The van der Waals surface area contributed by atoms with Crippen molar-refractivity contribution in [1.29, 1.82) is 0 Å². The van der Waals surface area contributed by atoms with E-state index in [-0.39, 0.29) is 6.61 Å². The Labute approximate surface area is 121 Å². The summed E-state index contributed by atoms with van der Waals surface area (Å²) in [4.78, 5) is 0. The van der Waals surface area contributed by atoms with Crippen molar-refractivity contribution in [1.82, 2.24) is 0 Å². The zero-order valence-corrected chi connectivity index (χ0v) is 12.2. The minimum atomic E-state index is 0.0958. The topological polar surface area (TPSA) is 38.7 Å². The molecular weight excluding hydrogens is 252 g/mol. The molecule has 1 aromatic carbocycles. The van der Waals surface area contributed by atoms with Gasteiger partial charge in [0.1, 0.15) is 12.4 Å². The minimum absolute atomic E-state index is 0.0958. The summed E-state index contributed by atoms with van der Waals surface area (Å²) in [6, 6.07) is 7.66. The Morgan fingerprint density at radius 1 is 1.15 bits per heavy atom.